The molecule has 3 aliphatic rings. The number of carbonyl (C=O) groups excluding carboxylic acids is 2. The van der Waals surface area contributed by atoms with Gasteiger partial charge in [-0.3, -0.25) is 24.4 Å². The van der Waals surface area contributed by atoms with Gasteiger partial charge < -0.3 is 14.6 Å². The van der Waals surface area contributed by atoms with Crippen LogP contribution in [0.1, 0.15) is 13.3 Å². The fourth-order valence-electron chi connectivity index (χ4n) is 5.09. The maximum Gasteiger partial charge on any atom is 0.420 e. The highest BCUT2D eigenvalue weighted by Gasteiger charge is 2.46. The van der Waals surface area contributed by atoms with Gasteiger partial charge in [-0.25, -0.2) is 9.18 Å². The summed E-state index contributed by atoms with van der Waals surface area (Å²) in [6.45, 7) is 4.46. The Hall–Kier alpha value is -2.72. The lowest BCUT2D eigenvalue weighted by Crippen LogP contribution is -2.67. The summed E-state index contributed by atoms with van der Waals surface area (Å²) in [6.07, 6.45) is -1.37. The highest BCUT2D eigenvalue weighted by Crippen LogP contribution is 2.32. The van der Waals surface area contributed by atoms with Crippen LogP contribution >= 0.6 is 0 Å². The van der Waals surface area contributed by atoms with Gasteiger partial charge >= 0.3 is 5.76 Å². The number of nitrogens with one attached hydrogen (secondary N) is 2. The number of oxazole rings is 1. The molecule has 3 aliphatic heterocycles. The fourth-order valence-corrected chi connectivity index (χ4v) is 5.09. The van der Waals surface area contributed by atoms with Crippen molar-refractivity contribution >= 4 is 22.9 Å². The molecule has 0 aliphatic carbocycles. The molecular weight excluding hydrogens is 405 g/mol. The van der Waals surface area contributed by atoms with E-state index in [1.165, 1.54) is 4.57 Å². The average Bonchev–Trinajstić information content (AvgIpc) is 3.42. The van der Waals surface area contributed by atoms with E-state index < -0.39 is 23.9 Å². The lowest BCUT2D eigenvalue weighted by atomic mass is 10.0. The fraction of sp³-hybridized carbons (Fsp3) is 0.571. The van der Waals surface area contributed by atoms with Crippen molar-refractivity contribution in [3.63, 3.8) is 0 Å². The molecule has 0 saturated carbocycles. The molecule has 166 valence electrons. The summed E-state index contributed by atoms with van der Waals surface area (Å²) in [5.41, 5.74) is 1.08. The zero-order valence-corrected chi connectivity index (χ0v) is 17.3. The molecule has 31 heavy (non-hydrogen) atoms. The summed E-state index contributed by atoms with van der Waals surface area (Å²) in [4.78, 5) is 40.9. The number of fused-ring (bicyclic) bond motifs is 2. The number of alkyl halides is 1. The van der Waals surface area contributed by atoms with Gasteiger partial charge in [0.15, 0.2) is 11.8 Å². The van der Waals surface area contributed by atoms with Gasteiger partial charge in [0, 0.05) is 26.2 Å². The van der Waals surface area contributed by atoms with Gasteiger partial charge in [0.1, 0.15) is 12.8 Å². The molecule has 1 aromatic heterocycles. The minimum atomic E-state index is -1.53. The second kappa shape index (κ2) is 7.76. The van der Waals surface area contributed by atoms with Gasteiger partial charge in [-0.1, -0.05) is 19.1 Å². The summed E-state index contributed by atoms with van der Waals surface area (Å²) in [7, 11) is 0. The molecule has 0 radical (unpaired) electrons. The Morgan fingerprint density at radius 3 is 2.58 bits per heavy atom. The van der Waals surface area contributed by atoms with Crippen LogP contribution in [0.3, 0.4) is 0 Å². The molecule has 10 heteroatoms. The Balaban J connectivity index is 1.21. The van der Waals surface area contributed by atoms with Crippen LogP contribution in [-0.4, -0.2) is 70.9 Å². The number of para-hydroxylation sites is 2. The van der Waals surface area contributed by atoms with Crippen LogP contribution in [0.4, 0.5) is 4.39 Å². The maximum absolute atomic E-state index is 14.0. The number of hydrogen-bond acceptors (Lipinski definition) is 6. The Morgan fingerprint density at radius 2 is 1.87 bits per heavy atom. The molecule has 1 aromatic carbocycles. The summed E-state index contributed by atoms with van der Waals surface area (Å²) >= 11 is 0. The topological polar surface area (TPSA) is 99.8 Å². The SMILES string of the molecule is CCC1NC(N2CC3CN(C(=O)Cn4c(=O)oc5ccccc54)CC3C2)NC(=O)C1F. The molecular formula is C21H26FN5O4. The van der Waals surface area contributed by atoms with Crippen molar-refractivity contribution in [3.05, 3.63) is 34.8 Å². The van der Waals surface area contributed by atoms with E-state index in [1.54, 1.807) is 29.2 Å². The molecule has 3 saturated heterocycles. The van der Waals surface area contributed by atoms with E-state index in [-0.39, 0.29) is 30.6 Å². The number of benzene rings is 1. The van der Waals surface area contributed by atoms with E-state index in [9.17, 15) is 18.8 Å². The van der Waals surface area contributed by atoms with E-state index in [4.69, 9.17) is 4.42 Å². The van der Waals surface area contributed by atoms with Crippen molar-refractivity contribution in [2.45, 2.75) is 38.4 Å². The minimum Gasteiger partial charge on any atom is -0.408 e. The summed E-state index contributed by atoms with van der Waals surface area (Å²) < 4.78 is 20.6. The number of likely N-dealkylation sites (tertiary alicyclic amines) is 2. The van der Waals surface area contributed by atoms with Crippen LogP contribution in [0.15, 0.2) is 33.5 Å². The van der Waals surface area contributed by atoms with E-state index in [1.807, 2.05) is 6.92 Å². The Kier molecular flexibility index (Phi) is 5.05. The molecule has 2 amide bonds. The third-order valence-corrected chi connectivity index (χ3v) is 6.79. The zero-order chi connectivity index (χ0) is 21.7. The predicted molar refractivity (Wildman–Crippen MR) is 110 cm³/mol. The summed E-state index contributed by atoms with van der Waals surface area (Å²) in [5.74, 6) is -0.643. The minimum absolute atomic E-state index is 0.0463. The van der Waals surface area contributed by atoms with Gasteiger partial charge in [0.2, 0.25) is 5.91 Å². The molecule has 2 aromatic rings. The molecule has 0 bridgehead atoms. The van der Waals surface area contributed by atoms with E-state index >= 15 is 0 Å². The first-order valence-corrected chi connectivity index (χ1v) is 10.7. The van der Waals surface area contributed by atoms with Gasteiger partial charge in [-0.15, -0.1) is 0 Å². The molecule has 0 spiro atoms. The third kappa shape index (κ3) is 3.53. The highest BCUT2D eigenvalue weighted by molar-refractivity contribution is 5.82. The van der Waals surface area contributed by atoms with E-state index in [0.717, 1.165) is 0 Å². The van der Waals surface area contributed by atoms with Crippen LogP contribution in [0.25, 0.3) is 11.1 Å². The Bertz CT molecular complexity index is 1050. The average molecular weight is 431 g/mol. The number of halogens is 1. The molecule has 4 heterocycles. The lowest BCUT2D eigenvalue weighted by Gasteiger charge is -2.38. The van der Waals surface area contributed by atoms with Crippen molar-refractivity contribution in [2.24, 2.45) is 11.8 Å². The van der Waals surface area contributed by atoms with Crippen LogP contribution < -0.4 is 16.4 Å². The summed E-state index contributed by atoms with van der Waals surface area (Å²) in [5, 5.41) is 5.91. The van der Waals surface area contributed by atoms with Crippen molar-refractivity contribution < 1.29 is 18.4 Å². The first-order valence-electron chi connectivity index (χ1n) is 10.7. The normalized spacial score (nSPS) is 31.2. The van der Waals surface area contributed by atoms with Crippen LogP contribution in [0.5, 0.6) is 0 Å². The molecule has 9 nitrogen and oxygen atoms in total. The number of nitrogens with zero attached hydrogens (tertiary/aromatic N) is 3. The lowest BCUT2D eigenvalue weighted by molar-refractivity contribution is -0.133. The number of amides is 2. The Morgan fingerprint density at radius 1 is 1.16 bits per heavy atom. The van der Waals surface area contributed by atoms with E-state index in [0.29, 0.717) is 43.7 Å². The van der Waals surface area contributed by atoms with Crippen molar-refractivity contribution in [1.82, 2.24) is 25.0 Å². The van der Waals surface area contributed by atoms with Crippen LogP contribution in [-0.2, 0) is 16.1 Å². The predicted octanol–water partition coefficient (Wildman–Crippen LogP) is 0.104. The van der Waals surface area contributed by atoms with Gasteiger partial charge in [0.25, 0.3) is 5.91 Å². The van der Waals surface area contributed by atoms with Crippen molar-refractivity contribution in [3.8, 4) is 0 Å². The summed E-state index contributed by atoms with van der Waals surface area (Å²) in [6, 6.07) is 6.57. The van der Waals surface area contributed by atoms with Gasteiger partial charge in [-0.05, 0) is 30.4 Å². The van der Waals surface area contributed by atoms with Crippen molar-refractivity contribution in [2.75, 3.05) is 26.2 Å². The maximum atomic E-state index is 14.0. The molecule has 2 N–H and O–H groups in total. The van der Waals surface area contributed by atoms with Gasteiger partial charge in [-0.2, -0.15) is 0 Å². The largest absolute Gasteiger partial charge is 0.420 e. The smallest absolute Gasteiger partial charge is 0.408 e. The quantitative estimate of drug-likeness (QED) is 0.713. The molecule has 5 atom stereocenters. The number of aromatic nitrogens is 1. The first kappa shape index (κ1) is 20.2. The first-order chi connectivity index (χ1) is 14.9. The van der Waals surface area contributed by atoms with Crippen LogP contribution in [0.2, 0.25) is 0 Å². The van der Waals surface area contributed by atoms with E-state index in [2.05, 4.69) is 15.5 Å². The zero-order valence-electron chi connectivity index (χ0n) is 17.3. The molecule has 5 unspecified atom stereocenters. The molecule has 3 fully saturated rings. The van der Waals surface area contributed by atoms with Crippen molar-refractivity contribution in [1.29, 1.82) is 0 Å². The Labute approximate surface area is 178 Å². The van der Waals surface area contributed by atoms with Crippen LogP contribution in [0, 0.1) is 11.8 Å². The van der Waals surface area contributed by atoms with Gasteiger partial charge in [0.05, 0.1) is 11.6 Å². The number of rotatable bonds is 4. The molecule has 5 rings (SSSR count). The highest BCUT2D eigenvalue weighted by atomic mass is 19.1. The number of hydrogen-bond donors (Lipinski definition) is 2. The second-order valence-electron chi connectivity index (χ2n) is 8.69. The standard InChI is InChI=1S/C21H26FN5O4/c1-2-14-18(22)19(29)24-20(23-14)26-9-12-7-25(8-13(12)10-26)17(28)11-27-15-5-3-4-6-16(15)31-21(27)30/h3-6,12-14,18,20,23H,2,7-11H2,1H3,(H,24,29). The second-order valence-corrected chi connectivity index (χ2v) is 8.69. The monoisotopic (exact) mass is 431 g/mol. The third-order valence-electron chi connectivity index (χ3n) is 6.79. The number of carbonyl (C=O) groups is 2.